The van der Waals surface area contributed by atoms with E-state index in [-0.39, 0.29) is 0 Å². The fourth-order valence-corrected chi connectivity index (χ4v) is 1.40. The first-order valence-corrected chi connectivity index (χ1v) is 3.94. The zero-order valence-electron chi connectivity index (χ0n) is 6.39. The van der Waals surface area contributed by atoms with Gasteiger partial charge in [0.25, 0.3) is 0 Å². The van der Waals surface area contributed by atoms with Crippen molar-refractivity contribution >= 4 is 11.3 Å². The summed E-state index contributed by atoms with van der Waals surface area (Å²) < 4.78 is 1.46. The van der Waals surface area contributed by atoms with Crippen molar-refractivity contribution < 1.29 is 0 Å². The molecule has 0 radical (unpaired) electrons. The lowest BCUT2D eigenvalue weighted by molar-refractivity contribution is 0.668. The number of rotatable bonds is 2. The minimum absolute atomic E-state index is 0.304. The first kappa shape index (κ1) is 8.62. The summed E-state index contributed by atoms with van der Waals surface area (Å²) in [4.78, 5) is 10.3. The smallest absolute Gasteiger partial charge is 0.224 e. The number of nitrogens with zero attached hydrogens (tertiary/aromatic N) is 4. The monoisotopic (exact) mass is 182 g/mol. The van der Waals surface area contributed by atoms with Crippen molar-refractivity contribution in [3.05, 3.63) is 14.7 Å². The van der Waals surface area contributed by atoms with Crippen LogP contribution in [0.1, 0.15) is 5.01 Å². The van der Waals surface area contributed by atoms with Gasteiger partial charge in [0.1, 0.15) is 11.6 Å². The van der Waals surface area contributed by atoms with E-state index in [1.807, 2.05) is 6.92 Å². The van der Waals surface area contributed by atoms with Crippen molar-refractivity contribution in [1.29, 1.82) is 0 Å². The van der Waals surface area contributed by atoms with Crippen molar-refractivity contribution in [3.8, 4) is 12.3 Å². The molecule has 0 saturated carbocycles. The average Bonchev–Trinajstić information content (AvgIpc) is 2.33. The van der Waals surface area contributed by atoms with E-state index in [4.69, 9.17) is 6.42 Å². The maximum atomic E-state index is 9.84. The van der Waals surface area contributed by atoms with E-state index in [1.54, 1.807) is 0 Å². The Balaban J connectivity index is 3.19. The van der Waals surface area contributed by atoms with Gasteiger partial charge in [0.15, 0.2) is 0 Å². The van der Waals surface area contributed by atoms with E-state index in [1.165, 1.54) is 16.0 Å². The summed E-state index contributed by atoms with van der Waals surface area (Å²) in [6, 6.07) is 0. The minimum Gasteiger partial charge on any atom is -0.224 e. The van der Waals surface area contributed by atoms with Gasteiger partial charge in [-0.05, 0) is 6.92 Å². The quantitative estimate of drug-likeness (QED) is 0.379. The van der Waals surface area contributed by atoms with Crippen LogP contribution in [0.5, 0.6) is 0 Å². The molecule has 0 spiro atoms. The summed E-state index contributed by atoms with van der Waals surface area (Å²) in [6.07, 6.45) is 5.08. The van der Waals surface area contributed by atoms with Crippen LogP contribution in [0.3, 0.4) is 0 Å². The van der Waals surface area contributed by atoms with E-state index in [9.17, 15) is 4.91 Å². The first-order valence-electron chi connectivity index (χ1n) is 3.12. The molecule has 1 rings (SSSR count). The van der Waals surface area contributed by atoms with Crippen molar-refractivity contribution in [2.24, 2.45) is 10.4 Å². The molecular weight excluding hydrogens is 176 g/mol. The highest BCUT2D eigenvalue weighted by atomic mass is 32.1. The predicted molar refractivity (Wildman–Crippen MR) is 45.0 cm³/mol. The molecule has 0 N–H and O–H groups in total. The summed E-state index contributed by atoms with van der Waals surface area (Å²) in [5, 5.41) is 10.6. The molecule has 0 aliphatic rings. The Morgan fingerprint density at radius 3 is 3.17 bits per heavy atom. The van der Waals surface area contributed by atoms with E-state index >= 15 is 0 Å². The second kappa shape index (κ2) is 3.78. The number of terminal acetylenes is 1. The van der Waals surface area contributed by atoms with Crippen LogP contribution in [0.25, 0.3) is 0 Å². The summed E-state index contributed by atoms with van der Waals surface area (Å²) in [7, 11) is 0. The van der Waals surface area contributed by atoms with Gasteiger partial charge in [-0.3, -0.25) is 0 Å². The van der Waals surface area contributed by atoms with Crippen LogP contribution in [-0.4, -0.2) is 9.78 Å². The Kier molecular flexibility index (Phi) is 2.71. The Morgan fingerprint density at radius 1 is 1.83 bits per heavy atom. The van der Waals surface area contributed by atoms with E-state index in [0.29, 0.717) is 11.3 Å². The predicted octanol–water partition coefficient (Wildman–Crippen LogP) is 0.468. The van der Waals surface area contributed by atoms with Gasteiger partial charge in [-0.25, -0.2) is 4.68 Å². The van der Waals surface area contributed by atoms with Gasteiger partial charge in [0, 0.05) is 0 Å². The number of hydrogen-bond donors (Lipinski definition) is 0. The third kappa shape index (κ3) is 1.77. The van der Waals surface area contributed by atoms with Crippen LogP contribution in [-0.2, 0) is 6.54 Å². The molecule has 1 heterocycles. The fraction of sp³-hybridized carbons (Fsp3) is 0.333. The molecule has 6 heteroatoms. The van der Waals surface area contributed by atoms with Gasteiger partial charge >= 0.3 is 0 Å². The van der Waals surface area contributed by atoms with Crippen LogP contribution in [0.15, 0.2) is 10.4 Å². The van der Waals surface area contributed by atoms with Crippen molar-refractivity contribution in [1.82, 2.24) is 9.78 Å². The molecule has 0 saturated heterocycles. The average molecular weight is 182 g/mol. The molecule has 0 amide bonds. The summed E-state index contributed by atoms with van der Waals surface area (Å²) in [5.74, 6) is 2.40. The van der Waals surface area contributed by atoms with Crippen LogP contribution >= 0.6 is 11.3 Å². The van der Waals surface area contributed by atoms with Crippen LogP contribution in [0.2, 0.25) is 0 Å². The highest BCUT2D eigenvalue weighted by molar-refractivity contribution is 7.08. The SMILES string of the molecule is C#CCn1nc(C)s/c1=N/N=O. The zero-order chi connectivity index (χ0) is 8.97. The molecule has 0 aliphatic heterocycles. The Hall–Kier alpha value is -1.48. The highest BCUT2D eigenvalue weighted by Gasteiger charge is 1.98. The molecular formula is C6H6N4OS. The molecule has 0 atom stereocenters. The molecule has 1 aromatic rings. The van der Waals surface area contributed by atoms with Gasteiger partial charge in [0.2, 0.25) is 4.80 Å². The molecule has 0 aromatic carbocycles. The molecule has 0 fully saturated rings. The third-order valence-electron chi connectivity index (χ3n) is 1.09. The summed E-state index contributed by atoms with van der Waals surface area (Å²) in [6.45, 7) is 2.11. The van der Waals surface area contributed by atoms with Gasteiger partial charge in [0.05, 0.1) is 5.29 Å². The molecule has 0 aliphatic carbocycles. The second-order valence-electron chi connectivity index (χ2n) is 1.95. The van der Waals surface area contributed by atoms with Crippen LogP contribution in [0.4, 0.5) is 0 Å². The maximum Gasteiger partial charge on any atom is 0.232 e. The molecule has 5 nitrogen and oxygen atoms in total. The van der Waals surface area contributed by atoms with Crippen molar-refractivity contribution in [3.63, 3.8) is 0 Å². The summed E-state index contributed by atoms with van der Waals surface area (Å²) >= 11 is 1.27. The Morgan fingerprint density at radius 2 is 2.58 bits per heavy atom. The van der Waals surface area contributed by atoms with Gasteiger partial charge in [-0.15, -0.1) is 11.3 Å². The molecule has 62 valence electrons. The molecule has 12 heavy (non-hydrogen) atoms. The lowest BCUT2D eigenvalue weighted by atomic mass is 10.7. The number of nitroso groups, excluding NO2 is 1. The minimum atomic E-state index is 0.304. The first-order chi connectivity index (χ1) is 5.77. The van der Waals surface area contributed by atoms with Gasteiger partial charge in [-0.2, -0.15) is 5.10 Å². The number of aryl methyl sites for hydroxylation is 1. The topological polar surface area (TPSA) is 59.6 Å². The van der Waals surface area contributed by atoms with Crippen molar-refractivity contribution in [2.45, 2.75) is 13.5 Å². The van der Waals surface area contributed by atoms with Gasteiger partial charge in [-0.1, -0.05) is 22.4 Å². The largest absolute Gasteiger partial charge is 0.232 e. The Bertz CT molecular complexity index is 383. The van der Waals surface area contributed by atoms with E-state index in [0.717, 1.165) is 5.01 Å². The Labute approximate surface area is 72.7 Å². The number of aromatic nitrogens is 2. The standard InChI is InChI=1S/C6H6N4OS/c1-3-4-10-6(7-9-11)12-5(2)8-10/h1H,4H2,2H3/b7-6+. The van der Waals surface area contributed by atoms with Crippen molar-refractivity contribution in [2.75, 3.05) is 0 Å². The van der Waals surface area contributed by atoms with Crippen LogP contribution < -0.4 is 4.80 Å². The molecule has 0 unspecified atom stereocenters. The van der Waals surface area contributed by atoms with E-state index < -0.39 is 0 Å². The van der Waals surface area contributed by atoms with Gasteiger partial charge < -0.3 is 0 Å². The normalized spacial score (nSPS) is 11.2. The van der Waals surface area contributed by atoms with Crippen LogP contribution in [0, 0.1) is 24.2 Å². The fourth-order valence-electron chi connectivity index (χ4n) is 0.714. The molecule has 1 aromatic heterocycles. The zero-order valence-corrected chi connectivity index (χ0v) is 7.21. The third-order valence-corrected chi connectivity index (χ3v) is 1.94. The highest BCUT2D eigenvalue weighted by Crippen LogP contribution is 1.94. The number of hydrogen-bond acceptors (Lipinski definition) is 4. The lowest BCUT2D eigenvalue weighted by Crippen LogP contribution is -2.15. The summed E-state index contributed by atoms with van der Waals surface area (Å²) in [5.41, 5.74) is 0. The van der Waals surface area contributed by atoms with E-state index in [2.05, 4.69) is 21.4 Å². The lowest BCUT2D eigenvalue weighted by Gasteiger charge is -1.88. The second-order valence-corrected chi connectivity index (χ2v) is 3.11. The maximum absolute atomic E-state index is 9.84. The molecule has 0 bridgehead atoms.